The molecule has 0 aliphatic carbocycles. The van der Waals surface area contributed by atoms with Gasteiger partial charge in [0.1, 0.15) is 12.6 Å². The number of nitrogens with zero attached hydrogens (tertiary/aromatic N) is 2. The van der Waals surface area contributed by atoms with Crippen molar-refractivity contribution in [2.24, 2.45) is 5.92 Å². The number of carbonyl (C=O) groups excluding carboxylic acids is 2. The topological polar surface area (TPSA) is 86.8 Å². The third kappa shape index (κ3) is 8.46. The third-order valence-electron chi connectivity index (χ3n) is 6.41. The Morgan fingerprint density at radius 3 is 2.08 bits per heavy atom. The van der Waals surface area contributed by atoms with Crippen LogP contribution in [-0.2, 0) is 32.6 Å². The second kappa shape index (κ2) is 14.0. The predicted octanol–water partition coefficient (Wildman–Crippen LogP) is 5.48. The van der Waals surface area contributed by atoms with Crippen LogP contribution in [0.25, 0.3) is 0 Å². The van der Waals surface area contributed by atoms with Crippen LogP contribution in [0.5, 0.6) is 0 Å². The van der Waals surface area contributed by atoms with Crippen LogP contribution in [0, 0.1) is 12.8 Å². The first kappa shape index (κ1) is 31.5. The highest BCUT2D eigenvalue weighted by atomic mass is 35.5. The van der Waals surface area contributed by atoms with E-state index in [2.05, 4.69) is 5.32 Å². The standard InChI is InChI=1S/C30H35Cl2N3O4S/c1-21(2)18-33-30(37)28(17-23-12-6-5-7-13-23)34(19-24-25(31)14-10-15-26(24)32)29(36)20-35(40(4,38)39)27-16-9-8-11-22(27)3/h5-16,21,28H,17-20H2,1-4H3,(H,33,37)/t28-/m0/s1. The summed E-state index contributed by atoms with van der Waals surface area (Å²) in [5.41, 5.74) is 2.39. The molecule has 3 aromatic carbocycles. The summed E-state index contributed by atoms with van der Waals surface area (Å²) in [5, 5.41) is 3.62. The first-order chi connectivity index (χ1) is 18.9. The van der Waals surface area contributed by atoms with Crippen molar-refractivity contribution in [3.05, 3.63) is 99.5 Å². The van der Waals surface area contributed by atoms with Crippen LogP contribution in [0.15, 0.2) is 72.8 Å². The molecular formula is C30H35Cl2N3O4S. The molecule has 0 unspecified atom stereocenters. The molecule has 40 heavy (non-hydrogen) atoms. The first-order valence-corrected chi connectivity index (χ1v) is 15.6. The zero-order valence-corrected chi connectivity index (χ0v) is 25.4. The van der Waals surface area contributed by atoms with Gasteiger partial charge >= 0.3 is 0 Å². The molecule has 0 saturated carbocycles. The lowest BCUT2D eigenvalue weighted by atomic mass is 10.0. The molecule has 3 rings (SSSR count). The number of halogens is 2. The van der Waals surface area contributed by atoms with Gasteiger partial charge in [-0.15, -0.1) is 0 Å². The number of hydrogen-bond donors (Lipinski definition) is 1. The Morgan fingerprint density at radius 1 is 0.900 bits per heavy atom. The van der Waals surface area contributed by atoms with Crippen LogP contribution in [0.1, 0.15) is 30.5 Å². The second-order valence-corrected chi connectivity index (χ2v) is 12.8. The maximum absolute atomic E-state index is 14.1. The van der Waals surface area contributed by atoms with Crippen LogP contribution in [0.2, 0.25) is 10.0 Å². The van der Waals surface area contributed by atoms with Crippen LogP contribution < -0.4 is 9.62 Å². The van der Waals surface area contributed by atoms with E-state index in [-0.39, 0.29) is 24.8 Å². The molecule has 1 atom stereocenters. The van der Waals surface area contributed by atoms with Gasteiger partial charge in [0.2, 0.25) is 21.8 Å². The number of carbonyl (C=O) groups is 2. The summed E-state index contributed by atoms with van der Waals surface area (Å²) in [6, 6.07) is 20.3. The fourth-order valence-electron chi connectivity index (χ4n) is 4.27. The molecule has 0 aliphatic heterocycles. The molecule has 0 aliphatic rings. The van der Waals surface area contributed by atoms with Crippen LogP contribution in [0.4, 0.5) is 5.69 Å². The van der Waals surface area contributed by atoms with Crippen LogP contribution in [-0.4, -0.2) is 50.5 Å². The lowest BCUT2D eigenvalue weighted by Crippen LogP contribution is -2.53. The van der Waals surface area contributed by atoms with Gasteiger partial charge in [-0.05, 0) is 42.2 Å². The Hall–Kier alpha value is -3.07. The number of hydrogen-bond acceptors (Lipinski definition) is 4. The number of amides is 2. The van der Waals surface area contributed by atoms with Gasteiger partial charge in [0.15, 0.2) is 0 Å². The number of nitrogens with one attached hydrogen (secondary N) is 1. The van der Waals surface area contributed by atoms with E-state index in [9.17, 15) is 18.0 Å². The summed E-state index contributed by atoms with van der Waals surface area (Å²) in [5.74, 6) is -0.730. The Bertz CT molecular complexity index is 1410. The minimum Gasteiger partial charge on any atom is -0.354 e. The summed E-state index contributed by atoms with van der Waals surface area (Å²) in [6.07, 6.45) is 1.26. The van der Waals surface area contributed by atoms with E-state index in [4.69, 9.17) is 23.2 Å². The highest BCUT2D eigenvalue weighted by Crippen LogP contribution is 2.28. The van der Waals surface area contributed by atoms with Crippen molar-refractivity contribution in [1.82, 2.24) is 10.2 Å². The van der Waals surface area contributed by atoms with Crippen molar-refractivity contribution in [3.8, 4) is 0 Å². The van der Waals surface area contributed by atoms with Crippen molar-refractivity contribution in [1.29, 1.82) is 0 Å². The Morgan fingerprint density at radius 2 is 1.50 bits per heavy atom. The minimum absolute atomic E-state index is 0.0880. The molecule has 0 aromatic heterocycles. The number of anilines is 1. The first-order valence-electron chi connectivity index (χ1n) is 13.0. The quantitative estimate of drug-likeness (QED) is 0.297. The van der Waals surface area contributed by atoms with Crippen molar-refractivity contribution < 1.29 is 18.0 Å². The average molecular weight is 605 g/mol. The number of aryl methyl sites for hydroxylation is 1. The lowest BCUT2D eigenvalue weighted by molar-refractivity contribution is -0.140. The SMILES string of the molecule is Cc1ccccc1N(CC(=O)N(Cc1c(Cl)cccc1Cl)[C@@H](Cc1ccccc1)C(=O)NCC(C)C)S(C)(=O)=O. The molecular weight excluding hydrogens is 569 g/mol. The maximum Gasteiger partial charge on any atom is 0.244 e. The summed E-state index contributed by atoms with van der Waals surface area (Å²) in [6.45, 7) is 5.55. The monoisotopic (exact) mass is 603 g/mol. The fraction of sp³-hybridized carbons (Fsp3) is 0.333. The largest absolute Gasteiger partial charge is 0.354 e. The molecule has 3 aromatic rings. The van der Waals surface area contributed by atoms with Crippen LogP contribution in [0.3, 0.4) is 0 Å². The zero-order valence-electron chi connectivity index (χ0n) is 23.1. The van der Waals surface area contributed by atoms with E-state index >= 15 is 0 Å². The van der Waals surface area contributed by atoms with E-state index in [1.165, 1.54) is 4.90 Å². The predicted molar refractivity (Wildman–Crippen MR) is 162 cm³/mol. The van der Waals surface area contributed by atoms with Gasteiger partial charge in [0.25, 0.3) is 0 Å². The molecule has 1 N–H and O–H groups in total. The van der Waals surface area contributed by atoms with E-state index in [1.54, 1.807) is 49.4 Å². The Balaban J connectivity index is 2.10. The van der Waals surface area contributed by atoms with Crippen molar-refractivity contribution in [2.75, 3.05) is 23.7 Å². The van der Waals surface area contributed by atoms with Gasteiger partial charge < -0.3 is 10.2 Å². The molecule has 7 nitrogen and oxygen atoms in total. The number of sulfonamides is 1. The molecule has 0 spiro atoms. The molecule has 0 radical (unpaired) electrons. The lowest BCUT2D eigenvalue weighted by Gasteiger charge is -2.34. The Labute approximate surface area is 247 Å². The van der Waals surface area contributed by atoms with Crippen molar-refractivity contribution in [3.63, 3.8) is 0 Å². The Kier molecular flexibility index (Phi) is 11.0. The molecule has 0 saturated heterocycles. The smallest absolute Gasteiger partial charge is 0.244 e. The fourth-order valence-corrected chi connectivity index (χ4v) is 5.69. The van der Waals surface area contributed by atoms with Gasteiger partial charge in [-0.25, -0.2) is 8.42 Å². The minimum atomic E-state index is -3.85. The molecule has 0 bridgehead atoms. The highest BCUT2D eigenvalue weighted by molar-refractivity contribution is 7.92. The van der Waals surface area contributed by atoms with Crippen molar-refractivity contribution in [2.45, 2.75) is 39.8 Å². The number of benzene rings is 3. The van der Waals surface area contributed by atoms with Gasteiger partial charge in [-0.3, -0.25) is 13.9 Å². The van der Waals surface area contributed by atoms with E-state index in [0.29, 0.717) is 33.4 Å². The van der Waals surface area contributed by atoms with Crippen molar-refractivity contribution >= 4 is 50.7 Å². The van der Waals surface area contributed by atoms with E-state index in [0.717, 1.165) is 16.1 Å². The zero-order chi connectivity index (χ0) is 29.4. The van der Waals surface area contributed by atoms with Gasteiger partial charge in [0.05, 0.1) is 11.9 Å². The number of rotatable bonds is 12. The molecule has 214 valence electrons. The molecule has 2 amide bonds. The highest BCUT2D eigenvalue weighted by Gasteiger charge is 2.34. The van der Waals surface area contributed by atoms with E-state index < -0.39 is 28.5 Å². The normalized spacial score (nSPS) is 12.2. The molecule has 0 fully saturated rings. The van der Waals surface area contributed by atoms with Gasteiger partial charge in [0, 0.05) is 35.1 Å². The summed E-state index contributed by atoms with van der Waals surface area (Å²) < 4.78 is 26.9. The third-order valence-corrected chi connectivity index (χ3v) is 8.24. The average Bonchev–Trinajstić information content (AvgIpc) is 2.89. The molecule has 10 heteroatoms. The maximum atomic E-state index is 14.1. The summed E-state index contributed by atoms with van der Waals surface area (Å²) >= 11 is 13.0. The summed E-state index contributed by atoms with van der Waals surface area (Å²) in [7, 11) is -3.85. The van der Waals surface area contributed by atoms with Crippen LogP contribution >= 0.6 is 23.2 Å². The second-order valence-electron chi connectivity index (χ2n) is 10.1. The molecule has 0 heterocycles. The van der Waals surface area contributed by atoms with Gasteiger partial charge in [-0.1, -0.05) is 91.6 Å². The van der Waals surface area contributed by atoms with Gasteiger partial charge in [-0.2, -0.15) is 0 Å². The van der Waals surface area contributed by atoms with E-state index in [1.807, 2.05) is 44.2 Å². The summed E-state index contributed by atoms with van der Waals surface area (Å²) in [4.78, 5) is 29.2. The number of para-hydroxylation sites is 1.